The zero-order valence-corrected chi connectivity index (χ0v) is 15.7. The van der Waals surface area contributed by atoms with E-state index in [1.807, 2.05) is 18.7 Å². The Morgan fingerprint density at radius 1 is 1.24 bits per heavy atom. The van der Waals surface area contributed by atoms with Crippen LogP contribution >= 0.6 is 0 Å². The molecule has 0 aromatic heterocycles. The number of hydrogen-bond acceptors (Lipinski definition) is 4. The van der Waals surface area contributed by atoms with Gasteiger partial charge in [0.25, 0.3) is 0 Å². The van der Waals surface area contributed by atoms with Crippen LogP contribution in [0.3, 0.4) is 0 Å². The molecule has 1 aromatic rings. The third-order valence-corrected chi connectivity index (χ3v) is 5.02. The minimum atomic E-state index is 0.242. The smallest absolute Gasteiger partial charge is 0.222 e. The van der Waals surface area contributed by atoms with Crippen LogP contribution in [0, 0.1) is 0 Å². The molecule has 0 spiro atoms. The summed E-state index contributed by atoms with van der Waals surface area (Å²) in [4.78, 5) is 16.4. The summed E-state index contributed by atoms with van der Waals surface area (Å²) in [5.74, 6) is 2.24. The molecule has 0 unspecified atom stereocenters. The molecule has 2 heterocycles. The van der Waals surface area contributed by atoms with Gasteiger partial charge in [0.1, 0.15) is 17.6 Å². The fraction of sp³-hybridized carbons (Fsp3) is 0.650. The summed E-state index contributed by atoms with van der Waals surface area (Å²) in [5, 5.41) is 0. The van der Waals surface area contributed by atoms with E-state index in [-0.39, 0.29) is 12.0 Å². The van der Waals surface area contributed by atoms with E-state index >= 15 is 0 Å². The van der Waals surface area contributed by atoms with Gasteiger partial charge in [-0.15, -0.1) is 0 Å². The summed E-state index contributed by atoms with van der Waals surface area (Å²) in [7, 11) is 0. The first-order chi connectivity index (χ1) is 12.1. The van der Waals surface area contributed by atoms with Gasteiger partial charge in [-0.2, -0.15) is 0 Å². The minimum Gasteiger partial charge on any atom is -0.494 e. The number of ether oxygens (including phenoxy) is 2. The van der Waals surface area contributed by atoms with E-state index in [1.165, 1.54) is 11.1 Å². The van der Waals surface area contributed by atoms with Gasteiger partial charge in [0.15, 0.2) is 0 Å². The maximum Gasteiger partial charge on any atom is 0.222 e. The summed E-state index contributed by atoms with van der Waals surface area (Å²) in [6.45, 7) is 11.2. The van der Waals surface area contributed by atoms with Gasteiger partial charge in [-0.25, -0.2) is 0 Å². The second kappa shape index (κ2) is 8.09. The van der Waals surface area contributed by atoms with Crippen molar-refractivity contribution in [3.63, 3.8) is 0 Å². The summed E-state index contributed by atoms with van der Waals surface area (Å²) in [6.07, 6.45) is 2.81. The molecule has 2 aliphatic rings. The Morgan fingerprint density at radius 2 is 2.08 bits per heavy atom. The predicted molar refractivity (Wildman–Crippen MR) is 98.2 cm³/mol. The number of carbonyl (C=O) groups is 1. The lowest BCUT2D eigenvalue weighted by Gasteiger charge is -2.23. The summed E-state index contributed by atoms with van der Waals surface area (Å²) in [6, 6.07) is 4.31. The Hall–Kier alpha value is -1.75. The fourth-order valence-corrected chi connectivity index (χ4v) is 3.74. The van der Waals surface area contributed by atoms with Crippen LogP contribution in [0.5, 0.6) is 11.5 Å². The van der Waals surface area contributed by atoms with Crippen molar-refractivity contribution in [1.82, 2.24) is 9.80 Å². The van der Waals surface area contributed by atoms with Gasteiger partial charge in [0, 0.05) is 56.7 Å². The third kappa shape index (κ3) is 4.27. The summed E-state index contributed by atoms with van der Waals surface area (Å²) < 4.78 is 11.8. The van der Waals surface area contributed by atoms with E-state index in [0.717, 1.165) is 57.1 Å². The van der Waals surface area contributed by atoms with E-state index in [2.05, 4.69) is 24.0 Å². The van der Waals surface area contributed by atoms with E-state index in [4.69, 9.17) is 9.47 Å². The van der Waals surface area contributed by atoms with Crippen molar-refractivity contribution in [2.24, 2.45) is 0 Å². The van der Waals surface area contributed by atoms with Crippen LogP contribution in [0.4, 0.5) is 0 Å². The predicted octanol–water partition coefficient (Wildman–Crippen LogP) is 2.85. The Labute approximate surface area is 150 Å². The molecule has 0 aliphatic carbocycles. The van der Waals surface area contributed by atoms with Crippen molar-refractivity contribution in [2.45, 2.75) is 52.7 Å². The average Bonchev–Trinajstić information content (AvgIpc) is 2.80. The molecule has 5 heteroatoms. The number of hydrogen-bond donors (Lipinski definition) is 0. The molecule has 0 saturated carbocycles. The van der Waals surface area contributed by atoms with Crippen LogP contribution in [0.1, 0.15) is 44.7 Å². The Morgan fingerprint density at radius 3 is 2.84 bits per heavy atom. The first kappa shape index (κ1) is 18.1. The van der Waals surface area contributed by atoms with Gasteiger partial charge in [-0.05, 0) is 32.4 Å². The summed E-state index contributed by atoms with van der Waals surface area (Å²) in [5.41, 5.74) is 2.43. The molecule has 25 heavy (non-hydrogen) atoms. The molecule has 5 nitrogen and oxygen atoms in total. The van der Waals surface area contributed by atoms with Gasteiger partial charge in [-0.3, -0.25) is 9.69 Å². The van der Waals surface area contributed by atoms with E-state index in [1.54, 1.807) is 0 Å². The van der Waals surface area contributed by atoms with Crippen molar-refractivity contribution >= 4 is 5.91 Å². The molecule has 0 radical (unpaired) electrons. The zero-order chi connectivity index (χ0) is 17.8. The van der Waals surface area contributed by atoms with Crippen LogP contribution in [0.2, 0.25) is 0 Å². The largest absolute Gasteiger partial charge is 0.494 e. The van der Waals surface area contributed by atoms with E-state index < -0.39 is 0 Å². The first-order valence-electron chi connectivity index (χ1n) is 9.56. The van der Waals surface area contributed by atoms with Gasteiger partial charge in [-0.1, -0.05) is 6.92 Å². The molecule has 0 N–H and O–H groups in total. The molecule has 1 amide bonds. The molecule has 3 rings (SSSR count). The SMILES string of the molecule is CCOc1cc2c(cc1CN1CCCN(C(=O)CC)CC1)O[C@@H](C)C2. The minimum absolute atomic E-state index is 0.242. The number of benzene rings is 1. The molecule has 1 aromatic carbocycles. The number of amides is 1. The Balaban J connectivity index is 1.71. The maximum absolute atomic E-state index is 12.0. The van der Waals surface area contributed by atoms with Gasteiger partial charge in [0.2, 0.25) is 5.91 Å². The van der Waals surface area contributed by atoms with Gasteiger partial charge < -0.3 is 14.4 Å². The number of rotatable bonds is 5. The van der Waals surface area contributed by atoms with Crippen molar-refractivity contribution in [3.05, 3.63) is 23.3 Å². The highest BCUT2D eigenvalue weighted by Crippen LogP contribution is 2.35. The van der Waals surface area contributed by atoms with Crippen LogP contribution in [0.15, 0.2) is 12.1 Å². The van der Waals surface area contributed by atoms with Crippen LogP contribution in [0.25, 0.3) is 0 Å². The summed E-state index contributed by atoms with van der Waals surface area (Å²) >= 11 is 0. The number of carbonyl (C=O) groups excluding carboxylic acids is 1. The normalized spacial score (nSPS) is 20.8. The highest BCUT2D eigenvalue weighted by molar-refractivity contribution is 5.75. The molecule has 138 valence electrons. The molecular weight excluding hydrogens is 316 g/mol. The van der Waals surface area contributed by atoms with E-state index in [9.17, 15) is 4.79 Å². The number of fused-ring (bicyclic) bond motifs is 1. The maximum atomic E-state index is 12.0. The quantitative estimate of drug-likeness (QED) is 0.822. The standard InChI is InChI=1S/C20H30N2O3/c1-4-20(23)22-8-6-7-21(9-10-22)14-17-13-19-16(11-15(3)25-19)12-18(17)24-5-2/h12-13,15H,4-11,14H2,1-3H3/t15-/m0/s1. The fourth-order valence-electron chi connectivity index (χ4n) is 3.74. The lowest BCUT2D eigenvalue weighted by Crippen LogP contribution is -2.34. The highest BCUT2D eigenvalue weighted by Gasteiger charge is 2.24. The van der Waals surface area contributed by atoms with Crippen molar-refractivity contribution in [2.75, 3.05) is 32.8 Å². The highest BCUT2D eigenvalue weighted by atomic mass is 16.5. The second-order valence-electron chi connectivity index (χ2n) is 7.00. The Kier molecular flexibility index (Phi) is 5.84. The molecule has 1 fully saturated rings. The monoisotopic (exact) mass is 346 g/mol. The van der Waals surface area contributed by atoms with Crippen molar-refractivity contribution in [1.29, 1.82) is 0 Å². The van der Waals surface area contributed by atoms with E-state index in [0.29, 0.717) is 13.0 Å². The molecular formula is C20H30N2O3. The third-order valence-electron chi connectivity index (χ3n) is 5.02. The van der Waals surface area contributed by atoms with Crippen molar-refractivity contribution in [3.8, 4) is 11.5 Å². The zero-order valence-electron chi connectivity index (χ0n) is 15.7. The average molecular weight is 346 g/mol. The molecule has 2 aliphatic heterocycles. The lowest BCUT2D eigenvalue weighted by atomic mass is 10.1. The van der Waals surface area contributed by atoms with Crippen LogP contribution in [-0.4, -0.2) is 54.6 Å². The lowest BCUT2D eigenvalue weighted by molar-refractivity contribution is -0.130. The van der Waals surface area contributed by atoms with Gasteiger partial charge in [0.05, 0.1) is 6.61 Å². The topological polar surface area (TPSA) is 42.0 Å². The van der Waals surface area contributed by atoms with Gasteiger partial charge >= 0.3 is 0 Å². The van der Waals surface area contributed by atoms with Crippen LogP contribution < -0.4 is 9.47 Å². The number of nitrogens with zero attached hydrogens (tertiary/aromatic N) is 2. The molecule has 1 atom stereocenters. The van der Waals surface area contributed by atoms with Crippen molar-refractivity contribution < 1.29 is 14.3 Å². The second-order valence-corrected chi connectivity index (χ2v) is 7.00. The van der Waals surface area contributed by atoms with Crippen LogP contribution in [-0.2, 0) is 17.8 Å². The first-order valence-corrected chi connectivity index (χ1v) is 9.56. The molecule has 0 bridgehead atoms. The Bertz CT molecular complexity index is 617. The molecule has 1 saturated heterocycles.